The highest BCUT2D eigenvalue weighted by atomic mass is 16.5. The van der Waals surface area contributed by atoms with Gasteiger partial charge in [-0.25, -0.2) is 9.59 Å². The fourth-order valence-corrected chi connectivity index (χ4v) is 2.31. The van der Waals surface area contributed by atoms with E-state index >= 15 is 0 Å². The molecule has 0 aliphatic carbocycles. The lowest BCUT2D eigenvalue weighted by Gasteiger charge is -2.10. The summed E-state index contributed by atoms with van der Waals surface area (Å²) in [7, 11) is 0. The quantitative estimate of drug-likeness (QED) is 0.554. The first kappa shape index (κ1) is 19.3. The van der Waals surface area contributed by atoms with Crippen LogP contribution in [0.5, 0.6) is 5.75 Å². The zero-order valence-corrected chi connectivity index (χ0v) is 15.1. The number of ether oxygens (including phenoxy) is 2. The Morgan fingerprint density at radius 3 is 2.27 bits per heavy atom. The van der Waals surface area contributed by atoms with Crippen LogP contribution in [0.25, 0.3) is 0 Å². The van der Waals surface area contributed by atoms with Crippen LogP contribution < -0.4 is 15.4 Å². The van der Waals surface area contributed by atoms with Gasteiger partial charge in [0.15, 0.2) is 6.73 Å². The van der Waals surface area contributed by atoms with Gasteiger partial charge in [0.1, 0.15) is 5.75 Å². The number of benzene rings is 2. The Morgan fingerprint density at radius 1 is 0.962 bits per heavy atom. The fraction of sp³-hybridized carbons (Fsp3) is 0.300. The Kier molecular flexibility index (Phi) is 7.49. The van der Waals surface area contributed by atoms with E-state index in [1.165, 1.54) is 5.56 Å². The van der Waals surface area contributed by atoms with Crippen molar-refractivity contribution in [1.82, 2.24) is 5.32 Å². The zero-order chi connectivity index (χ0) is 18.8. The van der Waals surface area contributed by atoms with Gasteiger partial charge < -0.3 is 20.1 Å². The summed E-state index contributed by atoms with van der Waals surface area (Å²) in [6.07, 6.45) is 2.14. The normalized spacial score (nSPS) is 10.1. The van der Waals surface area contributed by atoms with E-state index in [-0.39, 0.29) is 12.7 Å². The molecule has 2 N–H and O–H groups in total. The number of nitrogens with one attached hydrogen (secondary N) is 2. The lowest BCUT2D eigenvalue weighted by Crippen LogP contribution is -2.32. The maximum absolute atomic E-state index is 11.9. The number of aryl methyl sites for hydroxylation is 1. The van der Waals surface area contributed by atoms with Gasteiger partial charge in [-0.1, -0.05) is 25.5 Å². The van der Waals surface area contributed by atoms with Crippen LogP contribution in [0, 0.1) is 0 Å². The predicted octanol–water partition coefficient (Wildman–Crippen LogP) is 3.97. The Bertz CT molecular complexity index is 712. The number of carbonyl (C=O) groups excluding carboxylic acids is 2. The number of amides is 2. The van der Waals surface area contributed by atoms with Gasteiger partial charge in [-0.3, -0.25) is 0 Å². The lowest BCUT2D eigenvalue weighted by molar-refractivity contribution is 0.0526. The first-order valence-electron chi connectivity index (χ1n) is 8.66. The Balaban J connectivity index is 1.75. The first-order chi connectivity index (χ1) is 12.6. The molecule has 0 atom stereocenters. The van der Waals surface area contributed by atoms with Crippen molar-refractivity contribution >= 4 is 17.7 Å². The van der Waals surface area contributed by atoms with E-state index in [9.17, 15) is 9.59 Å². The van der Waals surface area contributed by atoms with Gasteiger partial charge in [0, 0.05) is 5.69 Å². The third-order valence-corrected chi connectivity index (χ3v) is 3.59. The van der Waals surface area contributed by atoms with Crippen molar-refractivity contribution in [3.63, 3.8) is 0 Å². The SMILES string of the molecule is CCCc1ccc(OCNC(=O)Nc2ccc(C(=O)OCC)cc2)cc1. The number of esters is 1. The third kappa shape index (κ3) is 6.12. The second-order valence-corrected chi connectivity index (χ2v) is 5.61. The van der Waals surface area contributed by atoms with Gasteiger partial charge >= 0.3 is 12.0 Å². The van der Waals surface area contributed by atoms with Crippen molar-refractivity contribution in [2.45, 2.75) is 26.7 Å². The first-order valence-corrected chi connectivity index (χ1v) is 8.66. The number of carbonyl (C=O) groups is 2. The molecule has 0 aliphatic heterocycles. The van der Waals surface area contributed by atoms with Crippen molar-refractivity contribution in [2.75, 3.05) is 18.7 Å². The van der Waals surface area contributed by atoms with E-state index < -0.39 is 6.03 Å². The molecule has 138 valence electrons. The fourth-order valence-electron chi connectivity index (χ4n) is 2.31. The average molecular weight is 356 g/mol. The molecule has 6 heteroatoms. The smallest absolute Gasteiger partial charge is 0.338 e. The Morgan fingerprint density at radius 2 is 1.65 bits per heavy atom. The molecule has 6 nitrogen and oxygen atoms in total. The summed E-state index contributed by atoms with van der Waals surface area (Å²) < 4.78 is 10.4. The van der Waals surface area contributed by atoms with Crippen LogP contribution in [0.2, 0.25) is 0 Å². The van der Waals surface area contributed by atoms with E-state index in [0.717, 1.165) is 12.8 Å². The van der Waals surface area contributed by atoms with Crippen LogP contribution in [0.3, 0.4) is 0 Å². The van der Waals surface area contributed by atoms with E-state index in [0.29, 0.717) is 23.6 Å². The third-order valence-electron chi connectivity index (χ3n) is 3.59. The van der Waals surface area contributed by atoms with Crippen molar-refractivity contribution in [1.29, 1.82) is 0 Å². The molecule has 0 aromatic heterocycles. The molecule has 0 saturated heterocycles. The largest absolute Gasteiger partial charge is 0.473 e. The maximum Gasteiger partial charge on any atom is 0.338 e. The number of urea groups is 1. The van der Waals surface area contributed by atoms with Crippen LogP contribution in [0.15, 0.2) is 48.5 Å². The van der Waals surface area contributed by atoms with Gasteiger partial charge in [0.25, 0.3) is 0 Å². The Labute approximate surface area is 153 Å². The molecule has 0 saturated carbocycles. The van der Waals surface area contributed by atoms with Crippen molar-refractivity contribution < 1.29 is 19.1 Å². The van der Waals surface area contributed by atoms with Crippen molar-refractivity contribution in [3.8, 4) is 5.75 Å². The second-order valence-electron chi connectivity index (χ2n) is 5.61. The predicted molar refractivity (Wildman–Crippen MR) is 100 cm³/mol. The van der Waals surface area contributed by atoms with Gasteiger partial charge in [0.05, 0.1) is 12.2 Å². The van der Waals surface area contributed by atoms with Crippen LogP contribution in [0.4, 0.5) is 10.5 Å². The minimum Gasteiger partial charge on any atom is -0.473 e. The highest BCUT2D eigenvalue weighted by Crippen LogP contribution is 2.13. The topological polar surface area (TPSA) is 76.7 Å². The summed E-state index contributed by atoms with van der Waals surface area (Å²) in [6.45, 7) is 4.26. The standard InChI is InChI=1S/C20H24N2O4/c1-3-5-15-6-12-18(13-7-15)26-14-21-20(24)22-17-10-8-16(9-11-17)19(23)25-4-2/h6-13H,3-5,14H2,1-2H3,(H2,21,22,24). The van der Waals surface area contributed by atoms with Crippen molar-refractivity contribution in [3.05, 3.63) is 59.7 Å². The zero-order valence-electron chi connectivity index (χ0n) is 15.1. The van der Waals surface area contributed by atoms with Crippen LogP contribution in [0.1, 0.15) is 36.2 Å². The van der Waals surface area contributed by atoms with Gasteiger partial charge in [0.2, 0.25) is 0 Å². The molecule has 26 heavy (non-hydrogen) atoms. The minimum absolute atomic E-state index is 0.0554. The molecular formula is C20H24N2O4. The highest BCUT2D eigenvalue weighted by Gasteiger charge is 2.07. The van der Waals surface area contributed by atoms with Crippen LogP contribution >= 0.6 is 0 Å². The van der Waals surface area contributed by atoms with E-state index in [1.54, 1.807) is 31.2 Å². The molecule has 0 spiro atoms. The number of hydrogen-bond donors (Lipinski definition) is 2. The highest BCUT2D eigenvalue weighted by molar-refractivity contribution is 5.92. The summed E-state index contributed by atoms with van der Waals surface area (Å²) in [5, 5.41) is 5.28. The maximum atomic E-state index is 11.9. The molecule has 0 heterocycles. The van der Waals surface area contributed by atoms with E-state index in [2.05, 4.69) is 17.6 Å². The molecule has 0 unspecified atom stereocenters. The monoisotopic (exact) mass is 356 g/mol. The summed E-state index contributed by atoms with van der Waals surface area (Å²) in [4.78, 5) is 23.4. The van der Waals surface area contributed by atoms with Crippen LogP contribution in [-0.4, -0.2) is 25.3 Å². The number of rotatable bonds is 8. The van der Waals surface area contributed by atoms with Gasteiger partial charge in [-0.2, -0.15) is 0 Å². The number of hydrogen-bond acceptors (Lipinski definition) is 4. The summed E-state index contributed by atoms with van der Waals surface area (Å²) >= 11 is 0. The van der Waals surface area contributed by atoms with E-state index in [1.807, 2.05) is 24.3 Å². The lowest BCUT2D eigenvalue weighted by atomic mass is 10.1. The second kappa shape index (κ2) is 10.1. The average Bonchev–Trinajstić information content (AvgIpc) is 2.64. The van der Waals surface area contributed by atoms with Crippen LogP contribution in [-0.2, 0) is 11.2 Å². The molecule has 0 aliphatic rings. The molecule has 2 aromatic carbocycles. The molecule has 0 fully saturated rings. The molecule has 0 radical (unpaired) electrons. The summed E-state index contributed by atoms with van der Waals surface area (Å²) in [5.74, 6) is 0.311. The minimum atomic E-state index is -0.392. The Hall–Kier alpha value is -3.02. The molecule has 2 aromatic rings. The van der Waals surface area contributed by atoms with E-state index in [4.69, 9.17) is 9.47 Å². The van der Waals surface area contributed by atoms with Crippen molar-refractivity contribution in [2.24, 2.45) is 0 Å². The molecule has 2 rings (SSSR count). The molecular weight excluding hydrogens is 332 g/mol. The van der Waals surface area contributed by atoms with Gasteiger partial charge in [-0.15, -0.1) is 0 Å². The summed E-state index contributed by atoms with van der Waals surface area (Å²) in [6, 6.07) is 13.9. The molecule has 0 bridgehead atoms. The number of anilines is 1. The van der Waals surface area contributed by atoms with Gasteiger partial charge in [-0.05, 0) is 55.3 Å². The molecule has 2 amide bonds. The summed E-state index contributed by atoms with van der Waals surface area (Å²) in [5.41, 5.74) is 2.27.